The highest BCUT2D eigenvalue weighted by Gasteiger charge is 2.22. The first kappa shape index (κ1) is 16.2. The van der Waals surface area contributed by atoms with Crippen LogP contribution in [0.1, 0.15) is 44.0 Å². The highest BCUT2D eigenvalue weighted by molar-refractivity contribution is 5.89. The first-order valence-corrected chi connectivity index (χ1v) is 6.80. The Morgan fingerprint density at radius 1 is 0.950 bits per heavy atom. The molecule has 4 heteroatoms. The van der Waals surface area contributed by atoms with Crippen molar-refractivity contribution in [2.24, 2.45) is 5.41 Å². The topological polar surface area (TPSA) is 52.6 Å². The number of benzene rings is 1. The molecular weight excluding hydrogens is 256 g/mol. The van der Waals surface area contributed by atoms with Gasteiger partial charge in [-0.15, -0.1) is 0 Å². The van der Waals surface area contributed by atoms with Crippen LogP contribution in [0.2, 0.25) is 0 Å². The van der Waals surface area contributed by atoms with Crippen LogP contribution >= 0.6 is 0 Å². The molecule has 0 spiro atoms. The van der Waals surface area contributed by atoms with Crippen molar-refractivity contribution in [2.45, 2.75) is 33.6 Å². The van der Waals surface area contributed by atoms with Crippen molar-refractivity contribution in [3.8, 4) is 0 Å². The van der Waals surface area contributed by atoms with Gasteiger partial charge in [0.25, 0.3) is 0 Å². The molecule has 0 radical (unpaired) electrons. The molecule has 0 saturated carbocycles. The Balaban J connectivity index is 2.11. The van der Waals surface area contributed by atoms with Crippen molar-refractivity contribution < 1.29 is 19.1 Å². The summed E-state index contributed by atoms with van der Waals surface area (Å²) in [5.41, 5.74) is 0.0754. The molecule has 0 atom stereocenters. The Bertz CT molecular complexity index is 432. The zero-order valence-electron chi connectivity index (χ0n) is 12.3. The molecule has 0 aliphatic heterocycles. The number of esters is 2. The van der Waals surface area contributed by atoms with Crippen molar-refractivity contribution in [3.05, 3.63) is 35.9 Å². The Kier molecular flexibility index (Phi) is 6.22. The fourth-order valence-corrected chi connectivity index (χ4v) is 1.41. The Labute approximate surface area is 120 Å². The molecule has 4 nitrogen and oxygen atoms in total. The minimum Gasteiger partial charge on any atom is -0.465 e. The maximum atomic E-state index is 11.6. The predicted molar refractivity (Wildman–Crippen MR) is 76.4 cm³/mol. The van der Waals surface area contributed by atoms with Crippen LogP contribution in [0, 0.1) is 5.41 Å². The fraction of sp³-hybridized carbons (Fsp3) is 0.500. The average molecular weight is 278 g/mol. The van der Waals surface area contributed by atoms with Crippen LogP contribution in [0.5, 0.6) is 0 Å². The molecule has 1 rings (SSSR count). The molecule has 0 aliphatic carbocycles. The summed E-state index contributed by atoms with van der Waals surface area (Å²) in [4.78, 5) is 23.1. The lowest BCUT2D eigenvalue weighted by Crippen LogP contribution is -2.23. The smallest absolute Gasteiger partial charge is 0.338 e. The third-order valence-corrected chi connectivity index (χ3v) is 2.63. The third-order valence-electron chi connectivity index (χ3n) is 2.63. The summed E-state index contributed by atoms with van der Waals surface area (Å²) in [6, 6.07) is 8.87. The SMILES string of the molecule is CC(C)(C)C(=O)OCCCCOC(=O)c1ccccc1. The first-order chi connectivity index (χ1) is 9.41. The first-order valence-electron chi connectivity index (χ1n) is 6.80. The van der Waals surface area contributed by atoms with Crippen LogP contribution in [0.15, 0.2) is 30.3 Å². The largest absolute Gasteiger partial charge is 0.465 e. The van der Waals surface area contributed by atoms with E-state index in [9.17, 15) is 9.59 Å². The van der Waals surface area contributed by atoms with Gasteiger partial charge in [-0.2, -0.15) is 0 Å². The van der Waals surface area contributed by atoms with Gasteiger partial charge >= 0.3 is 11.9 Å². The summed E-state index contributed by atoms with van der Waals surface area (Å²) >= 11 is 0. The van der Waals surface area contributed by atoms with E-state index < -0.39 is 5.41 Å². The predicted octanol–water partition coefficient (Wildman–Crippen LogP) is 3.21. The maximum absolute atomic E-state index is 11.6. The van der Waals surface area contributed by atoms with Gasteiger partial charge in [0.2, 0.25) is 0 Å². The molecule has 0 unspecified atom stereocenters. The lowest BCUT2D eigenvalue weighted by molar-refractivity contribution is -0.153. The number of hydrogen-bond acceptors (Lipinski definition) is 4. The normalized spacial score (nSPS) is 10.9. The van der Waals surface area contributed by atoms with Gasteiger partial charge in [-0.05, 0) is 45.7 Å². The van der Waals surface area contributed by atoms with Gasteiger partial charge in [0.1, 0.15) is 0 Å². The average Bonchev–Trinajstić information content (AvgIpc) is 2.42. The monoisotopic (exact) mass is 278 g/mol. The van der Waals surface area contributed by atoms with E-state index in [1.807, 2.05) is 26.8 Å². The molecular formula is C16H22O4. The summed E-state index contributed by atoms with van der Waals surface area (Å²) in [5.74, 6) is -0.531. The molecule has 0 saturated heterocycles. The van der Waals surface area contributed by atoms with Crippen molar-refractivity contribution in [2.75, 3.05) is 13.2 Å². The Morgan fingerprint density at radius 3 is 2.05 bits per heavy atom. The van der Waals surface area contributed by atoms with E-state index in [0.717, 1.165) is 0 Å². The number of ether oxygens (including phenoxy) is 2. The molecule has 0 heterocycles. The van der Waals surface area contributed by atoms with E-state index >= 15 is 0 Å². The number of carbonyl (C=O) groups is 2. The number of carbonyl (C=O) groups excluding carboxylic acids is 2. The van der Waals surface area contributed by atoms with Crippen LogP contribution in [0.25, 0.3) is 0 Å². The molecule has 110 valence electrons. The van der Waals surface area contributed by atoms with E-state index in [4.69, 9.17) is 9.47 Å². The molecule has 1 aromatic rings. The van der Waals surface area contributed by atoms with Crippen LogP contribution in [-0.4, -0.2) is 25.2 Å². The second-order valence-corrected chi connectivity index (χ2v) is 5.59. The van der Waals surface area contributed by atoms with Crippen LogP contribution in [0.4, 0.5) is 0 Å². The molecule has 0 amide bonds. The van der Waals surface area contributed by atoms with Crippen molar-refractivity contribution in [3.63, 3.8) is 0 Å². The number of rotatable bonds is 6. The van der Waals surface area contributed by atoms with E-state index in [1.165, 1.54) is 0 Å². The maximum Gasteiger partial charge on any atom is 0.338 e. The van der Waals surface area contributed by atoms with E-state index in [2.05, 4.69) is 0 Å². The highest BCUT2D eigenvalue weighted by atomic mass is 16.5. The lowest BCUT2D eigenvalue weighted by atomic mass is 9.97. The zero-order chi connectivity index (χ0) is 15.0. The van der Waals surface area contributed by atoms with Crippen LogP contribution < -0.4 is 0 Å². The van der Waals surface area contributed by atoms with Gasteiger partial charge in [-0.1, -0.05) is 18.2 Å². The van der Waals surface area contributed by atoms with Crippen molar-refractivity contribution in [1.29, 1.82) is 0 Å². The summed E-state index contributed by atoms with van der Waals surface area (Å²) in [5, 5.41) is 0. The summed E-state index contributed by atoms with van der Waals surface area (Å²) in [7, 11) is 0. The molecule has 0 N–H and O–H groups in total. The molecule has 20 heavy (non-hydrogen) atoms. The standard InChI is InChI=1S/C16H22O4/c1-16(2,3)15(18)20-12-8-7-11-19-14(17)13-9-5-4-6-10-13/h4-6,9-10H,7-8,11-12H2,1-3H3. The molecule has 0 aromatic heterocycles. The lowest BCUT2D eigenvalue weighted by Gasteiger charge is -2.16. The van der Waals surface area contributed by atoms with Crippen LogP contribution in [0.3, 0.4) is 0 Å². The molecule has 0 aliphatic rings. The van der Waals surface area contributed by atoms with Crippen molar-refractivity contribution in [1.82, 2.24) is 0 Å². The van der Waals surface area contributed by atoms with Crippen molar-refractivity contribution >= 4 is 11.9 Å². The summed E-state index contributed by atoms with van der Waals surface area (Å²) in [6.07, 6.45) is 1.36. The Morgan fingerprint density at radius 2 is 1.50 bits per heavy atom. The second-order valence-electron chi connectivity index (χ2n) is 5.59. The van der Waals surface area contributed by atoms with Gasteiger partial charge in [0.15, 0.2) is 0 Å². The second kappa shape index (κ2) is 7.68. The molecule has 0 fully saturated rings. The van der Waals surface area contributed by atoms with Gasteiger partial charge in [-0.25, -0.2) is 4.79 Å². The van der Waals surface area contributed by atoms with E-state index in [0.29, 0.717) is 31.6 Å². The zero-order valence-corrected chi connectivity index (χ0v) is 12.3. The van der Waals surface area contributed by atoms with E-state index in [-0.39, 0.29) is 11.9 Å². The quantitative estimate of drug-likeness (QED) is 0.592. The summed E-state index contributed by atoms with van der Waals surface area (Å²) in [6.45, 7) is 6.14. The van der Waals surface area contributed by atoms with Gasteiger partial charge in [0, 0.05) is 0 Å². The minimum atomic E-state index is -0.472. The van der Waals surface area contributed by atoms with Gasteiger partial charge in [-0.3, -0.25) is 4.79 Å². The van der Waals surface area contributed by atoms with Gasteiger partial charge < -0.3 is 9.47 Å². The number of hydrogen-bond donors (Lipinski definition) is 0. The minimum absolute atomic E-state index is 0.209. The fourth-order valence-electron chi connectivity index (χ4n) is 1.41. The van der Waals surface area contributed by atoms with E-state index in [1.54, 1.807) is 24.3 Å². The third kappa shape index (κ3) is 5.87. The summed E-state index contributed by atoms with van der Waals surface area (Å²) < 4.78 is 10.2. The highest BCUT2D eigenvalue weighted by Crippen LogP contribution is 2.15. The number of unbranched alkanes of at least 4 members (excludes halogenated alkanes) is 1. The molecule has 0 bridgehead atoms. The van der Waals surface area contributed by atoms with Crippen LogP contribution in [-0.2, 0) is 14.3 Å². The molecule has 1 aromatic carbocycles. The van der Waals surface area contributed by atoms with Gasteiger partial charge in [0.05, 0.1) is 24.2 Å². The Hall–Kier alpha value is -1.84.